The maximum atomic E-state index is 12.6. The van der Waals surface area contributed by atoms with Crippen molar-refractivity contribution < 1.29 is 21.9 Å². The van der Waals surface area contributed by atoms with Crippen molar-refractivity contribution in [3.8, 4) is 5.75 Å². The zero-order valence-corrected chi connectivity index (χ0v) is 16.7. The quantitative estimate of drug-likeness (QED) is 0.463. The lowest BCUT2D eigenvalue weighted by Gasteiger charge is -2.14. The molecule has 0 aromatic heterocycles. The number of ether oxygens (including phenoxy) is 1. The fourth-order valence-electron chi connectivity index (χ4n) is 1.93. The molecule has 0 aliphatic rings. The van der Waals surface area contributed by atoms with E-state index in [9.17, 15) is 17.2 Å². The molecule has 1 aromatic carbocycles. The van der Waals surface area contributed by atoms with Crippen LogP contribution in [-0.4, -0.2) is 45.6 Å². The van der Waals surface area contributed by atoms with Crippen molar-refractivity contribution >= 4 is 39.0 Å². The van der Waals surface area contributed by atoms with Gasteiger partial charge < -0.3 is 15.4 Å². The van der Waals surface area contributed by atoms with Gasteiger partial charge in [0.15, 0.2) is 15.8 Å². The highest BCUT2D eigenvalue weighted by Crippen LogP contribution is 2.34. The average Bonchev–Trinajstić information content (AvgIpc) is 2.55. The van der Waals surface area contributed by atoms with Gasteiger partial charge in [0.05, 0.1) is 17.3 Å². The third kappa shape index (κ3) is 7.92. The molecule has 0 bridgehead atoms. The Balaban J connectivity index is 2.92. The van der Waals surface area contributed by atoms with Crippen LogP contribution in [0.1, 0.15) is 19.4 Å². The van der Waals surface area contributed by atoms with Crippen LogP contribution in [0.3, 0.4) is 0 Å². The van der Waals surface area contributed by atoms with Gasteiger partial charge in [-0.25, -0.2) is 13.4 Å². The monoisotopic (exact) mass is 431 g/mol. The van der Waals surface area contributed by atoms with Crippen molar-refractivity contribution in [3.05, 3.63) is 27.7 Å². The summed E-state index contributed by atoms with van der Waals surface area (Å²) < 4.78 is 52.7. The summed E-state index contributed by atoms with van der Waals surface area (Å²) in [6.07, 6.45) is 0. The molecular formula is C15H21Cl2F2N3O3S. The summed E-state index contributed by atoms with van der Waals surface area (Å²) in [4.78, 5) is 4.24. The Bertz CT molecular complexity index is 731. The maximum Gasteiger partial charge on any atom is 0.387 e. The van der Waals surface area contributed by atoms with E-state index in [4.69, 9.17) is 23.2 Å². The Morgan fingerprint density at radius 2 is 1.96 bits per heavy atom. The molecule has 1 aromatic rings. The van der Waals surface area contributed by atoms with Crippen LogP contribution in [0.15, 0.2) is 17.1 Å². The van der Waals surface area contributed by atoms with E-state index in [-0.39, 0.29) is 46.0 Å². The van der Waals surface area contributed by atoms with Crippen LogP contribution in [0, 0.1) is 0 Å². The lowest BCUT2D eigenvalue weighted by molar-refractivity contribution is -0.0503. The second-order valence-electron chi connectivity index (χ2n) is 5.11. The second-order valence-corrected chi connectivity index (χ2v) is 8.43. The SMILES string of the molecule is CCNC(=NCc1cc(Cl)cc(Cl)c1OC(F)F)NCCS(=O)(=O)CC. The van der Waals surface area contributed by atoms with Gasteiger partial charge in [0.1, 0.15) is 5.75 Å². The lowest BCUT2D eigenvalue weighted by Crippen LogP contribution is -2.39. The van der Waals surface area contributed by atoms with Crippen LogP contribution in [0.4, 0.5) is 8.78 Å². The van der Waals surface area contributed by atoms with Crippen molar-refractivity contribution in [2.75, 3.05) is 24.6 Å². The van der Waals surface area contributed by atoms with Gasteiger partial charge in [-0.3, -0.25) is 0 Å². The number of guanidine groups is 1. The number of hydrogen-bond donors (Lipinski definition) is 2. The molecule has 0 spiro atoms. The minimum absolute atomic E-state index is 0.0435. The first-order valence-electron chi connectivity index (χ1n) is 7.83. The van der Waals surface area contributed by atoms with E-state index < -0.39 is 16.4 Å². The van der Waals surface area contributed by atoms with Gasteiger partial charge in [0.25, 0.3) is 0 Å². The minimum atomic E-state index is -3.11. The number of hydrogen-bond acceptors (Lipinski definition) is 4. The van der Waals surface area contributed by atoms with Crippen LogP contribution in [0.25, 0.3) is 0 Å². The topological polar surface area (TPSA) is 79.8 Å². The molecule has 0 heterocycles. The van der Waals surface area contributed by atoms with Crippen molar-refractivity contribution in [2.24, 2.45) is 4.99 Å². The highest BCUT2D eigenvalue weighted by Gasteiger charge is 2.15. The number of alkyl halides is 2. The Labute approximate surface area is 161 Å². The number of benzene rings is 1. The molecule has 11 heteroatoms. The summed E-state index contributed by atoms with van der Waals surface area (Å²) in [6, 6.07) is 2.73. The number of aliphatic imine (C=N–C) groups is 1. The summed E-state index contributed by atoms with van der Waals surface area (Å²) in [5.41, 5.74) is 0.279. The van der Waals surface area contributed by atoms with Gasteiger partial charge in [-0.2, -0.15) is 8.78 Å². The first kappa shape index (κ1) is 22.7. The van der Waals surface area contributed by atoms with Gasteiger partial charge in [-0.15, -0.1) is 0 Å². The molecule has 0 saturated carbocycles. The highest BCUT2D eigenvalue weighted by atomic mass is 35.5. The Morgan fingerprint density at radius 1 is 1.27 bits per heavy atom. The van der Waals surface area contributed by atoms with Gasteiger partial charge in [0.2, 0.25) is 0 Å². The summed E-state index contributed by atoms with van der Waals surface area (Å²) >= 11 is 11.8. The molecule has 6 nitrogen and oxygen atoms in total. The number of rotatable bonds is 9. The molecule has 0 unspecified atom stereocenters. The molecule has 0 saturated heterocycles. The summed E-state index contributed by atoms with van der Waals surface area (Å²) in [7, 11) is -3.11. The smallest absolute Gasteiger partial charge is 0.387 e. The molecule has 0 fully saturated rings. The number of nitrogens with one attached hydrogen (secondary N) is 2. The molecule has 148 valence electrons. The molecular weight excluding hydrogens is 411 g/mol. The molecule has 0 atom stereocenters. The predicted molar refractivity (Wildman–Crippen MR) is 100 cm³/mol. The third-order valence-electron chi connectivity index (χ3n) is 3.19. The van der Waals surface area contributed by atoms with Crippen LogP contribution in [0.5, 0.6) is 5.75 Å². The fraction of sp³-hybridized carbons (Fsp3) is 0.533. The van der Waals surface area contributed by atoms with E-state index in [1.54, 1.807) is 6.92 Å². The van der Waals surface area contributed by atoms with Crippen molar-refractivity contribution in [3.63, 3.8) is 0 Å². The van der Waals surface area contributed by atoms with E-state index >= 15 is 0 Å². The van der Waals surface area contributed by atoms with Crippen LogP contribution in [0.2, 0.25) is 10.0 Å². The van der Waals surface area contributed by atoms with Crippen molar-refractivity contribution in [1.82, 2.24) is 10.6 Å². The summed E-state index contributed by atoms with van der Waals surface area (Å²) in [6.45, 7) is 1.02. The molecule has 26 heavy (non-hydrogen) atoms. The number of halogens is 4. The fourth-order valence-corrected chi connectivity index (χ4v) is 3.21. The zero-order chi connectivity index (χ0) is 19.7. The third-order valence-corrected chi connectivity index (χ3v) is 5.39. The first-order chi connectivity index (χ1) is 12.2. The number of nitrogens with zero attached hydrogens (tertiary/aromatic N) is 1. The predicted octanol–water partition coefficient (Wildman–Crippen LogP) is 3.08. The Hall–Kier alpha value is -1.32. The maximum absolute atomic E-state index is 12.6. The lowest BCUT2D eigenvalue weighted by atomic mass is 10.2. The molecule has 1 rings (SSSR count). The van der Waals surface area contributed by atoms with E-state index in [1.165, 1.54) is 12.1 Å². The van der Waals surface area contributed by atoms with E-state index in [0.717, 1.165) is 0 Å². The largest absolute Gasteiger partial charge is 0.433 e. The summed E-state index contributed by atoms with van der Waals surface area (Å²) in [5.74, 6) is 0.145. The van der Waals surface area contributed by atoms with Gasteiger partial charge in [-0.1, -0.05) is 30.1 Å². The van der Waals surface area contributed by atoms with Crippen LogP contribution in [-0.2, 0) is 16.4 Å². The molecule has 0 aliphatic heterocycles. The Morgan fingerprint density at radius 3 is 2.54 bits per heavy atom. The highest BCUT2D eigenvalue weighted by molar-refractivity contribution is 7.91. The number of sulfone groups is 1. The first-order valence-corrected chi connectivity index (χ1v) is 10.4. The van der Waals surface area contributed by atoms with E-state index in [2.05, 4.69) is 20.4 Å². The second kappa shape index (κ2) is 10.7. The van der Waals surface area contributed by atoms with E-state index in [0.29, 0.717) is 12.5 Å². The molecule has 0 radical (unpaired) electrons. The van der Waals surface area contributed by atoms with Crippen molar-refractivity contribution in [2.45, 2.75) is 27.0 Å². The molecule has 0 amide bonds. The van der Waals surface area contributed by atoms with Crippen LogP contribution >= 0.6 is 23.2 Å². The van der Waals surface area contributed by atoms with Gasteiger partial charge >= 0.3 is 6.61 Å². The summed E-state index contributed by atoms with van der Waals surface area (Å²) in [5, 5.41) is 6.02. The average molecular weight is 432 g/mol. The molecule has 2 N–H and O–H groups in total. The minimum Gasteiger partial charge on any atom is -0.433 e. The van der Waals surface area contributed by atoms with Gasteiger partial charge in [0, 0.05) is 29.4 Å². The van der Waals surface area contributed by atoms with Crippen molar-refractivity contribution in [1.29, 1.82) is 0 Å². The van der Waals surface area contributed by atoms with Gasteiger partial charge in [-0.05, 0) is 19.1 Å². The molecule has 0 aliphatic carbocycles. The normalized spacial score (nSPS) is 12.3. The zero-order valence-electron chi connectivity index (χ0n) is 14.4. The Kier molecular flexibility index (Phi) is 9.38. The van der Waals surface area contributed by atoms with E-state index in [1.807, 2.05) is 6.92 Å². The standard InChI is InChI=1S/C15H21Cl2F2N3O3S/c1-3-20-15(21-5-6-26(23,24)4-2)22-9-10-7-11(16)8-12(17)13(10)25-14(18)19/h7-8,14H,3-6,9H2,1-2H3,(H2,20,21,22). The van der Waals surface area contributed by atoms with Crippen LogP contribution < -0.4 is 15.4 Å².